The molecule has 2 rings (SSSR count). The van der Waals surface area contributed by atoms with Crippen molar-refractivity contribution >= 4 is 21.8 Å². The number of halogens is 1. The van der Waals surface area contributed by atoms with Gasteiger partial charge in [0, 0.05) is 25.7 Å². The van der Waals surface area contributed by atoms with Gasteiger partial charge in [-0.3, -0.25) is 14.2 Å². The Labute approximate surface area is 126 Å². The van der Waals surface area contributed by atoms with Crippen LogP contribution >= 0.6 is 15.9 Å². The first-order valence-corrected chi connectivity index (χ1v) is 7.21. The number of aromatic nitrogens is 4. The molecule has 108 valence electrons. The molecule has 1 N–H and O–H groups in total. The first kappa shape index (κ1) is 14.8. The molecular weight excluding hydrogens is 322 g/mol. The van der Waals surface area contributed by atoms with E-state index in [0.29, 0.717) is 19.5 Å². The van der Waals surface area contributed by atoms with E-state index in [0.717, 1.165) is 21.6 Å². The second-order valence-corrected chi connectivity index (χ2v) is 5.58. The van der Waals surface area contributed by atoms with Crippen molar-refractivity contribution in [3.05, 3.63) is 33.8 Å². The Morgan fingerprint density at radius 3 is 2.75 bits per heavy atom. The van der Waals surface area contributed by atoms with E-state index in [4.69, 9.17) is 0 Å². The molecule has 0 aliphatic heterocycles. The maximum absolute atomic E-state index is 11.8. The highest BCUT2D eigenvalue weighted by molar-refractivity contribution is 9.10. The minimum absolute atomic E-state index is 0.00914. The van der Waals surface area contributed by atoms with Gasteiger partial charge in [0.15, 0.2) is 0 Å². The lowest BCUT2D eigenvalue weighted by atomic mass is 10.3. The largest absolute Gasteiger partial charge is 0.350 e. The van der Waals surface area contributed by atoms with Crippen molar-refractivity contribution in [1.29, 1.82) is 0 Å². The molecule has 0 fully saturated rings. The molecule has 2 heterocycles. The summed E-state index contributed by atoms with van der Waals surface area (Å²) in [4.78, 5) is 11.8. The van der Waals surface area contributed by atoms with Crippen molar-refractivity contribution in [3.8, 4) is 0 Å². The molecule has 0 saturated carbocycles. The molecule has 0 bridgehead atoms. The molecule has 0 aromatic carbocycles. The maximum Gasteiger partial charge on any atom is 0.222 e. The predicted octanol–water partition coefficient (Wildman–Crippen LogP) is 1.70. The molecule has 7 heteroatoms. The monoisotopic (exact) mass is 339 g/mol. The summed E-state index contributed by atoms with van der Waals surface area (Å²) >= 11 is 3.40. The molecule has 20 heavy (non-hydrogen) atoms. The lowest BCUT2D eigenvalue weighted by Gasteiger charge is -2.07. The number of carbonyl (C=O) groups is 1. The third kappa shape index (κ3) is 3.47. The van der Waals surface area contributed by atoms with Gasteiger partial charge in [-0.2, -0.15) is 10.2 Å². The topological polar surface area (TPSA) is 64.7 Å². The van der Waals surface area contributed by atoms with Crippen molar-refractivity contribution < 1.29 is 4.79 Å². The number of hydrogen-bond donors (Lipinski definition) is 1. The van der Waals surface area contributed by atoms with Crippen molar-refractivity contribution in [2.24, 2.45) is 7.05 Å². The van der Waals surface area contributed by atoms with Crippen LogP contribution in [0.2, 0.25) is 0 Å². The normalized spacial score (nSPS) is 10.8. The molecule has 0 aliphatic rings. The quantitative estimate of drug-likeness (QED) is 0.901. The summed E-state index contributed by atoms with van der Waals surface area (Å²) in [6.45, 7) is 4.97. The van der Waals surface area contributed by atoms with Crippen molar-refractivity contribution in [1.82, 2.24) is 24.9 Å². The highest BCUT2D eigenvalue weighted by Crippen LogP contribution is 2.14. The van der Waals surface area contributed by atoms with Crippen molar-refractivity contribution in [3.63, 3.8) is 0 Å². The van der Waals surface area contributed by atoms with E-state index >= 15 is 0 Å². The van der Waals surface area contributed by atoms with Gasteiger partial charge in [-0.25, -0.2) is 0 Å². The minimum Gasteiger partial charge on any atom is -0.350 e. The summed E-state index contributed by atoms with van der Waals surface area (Å²) in [5.74, 6) is 0.00914. The number of rotatable bonds is 5. The molecule has 1 amide bonds. The first-order chi connectivity index (χ1) is 9.47. The average Bonchev–Trinajstić information content (AvgIpc) is 2.89. The van der Waals surface area contributed by atoms with Gasteiger partial charge >= 0.3 is 0 Å². The predicted molar refractivity (Wildman–Crippen MR) is 79.1 cm³/mol. The molecule has 0 radical (unpaired) electrons. The Bertz CT molecular complexity index is 608. The van der Waals surface area contributed by atoms with Crippen LogP contribution < -0.4 is 5.32 Å². The average molecular weight is 340 g/mol. The highest BCUT2D eigenvalue weighted by atomic mass is 79.9. The molecule has 2 aromatic rings. The smallest absolute Gasteiger partial charge is 0.222 e. The highest BCUT2D eigenvalue weighted by Gasteiger charge is 2.08. The van der Waals surface area contributed by atoms with Crippen LogP contribution in [0.3, 0.4) is 0 Å². The molecular formula is C13H18BrN5O. The Hall–Kier alpha value is -1.63. The summed E-state index contributed by atoms with van der Waals surface area (Å²) < 4.78 is 4.56. The Morgan fingerprint density at radius 2 is 2.20 bits per heavy atom. The van der Waals surface area contributed by atoms with E-state index < -0.39 is 0 Å². The summed E-state index contributed by atoms with van der Waals surface area (Å²) in [5, 5.41) is 11.3. The van der Waals surface area contributed by atoms with E-state index in [1.165, 1.54) is 0 Å². The van der Waals surface area contributed by atoms with Gasteiger partial charge in [-0.05, 0) is 35.8 Å². The van der Waals surface area contributed by atoms with Crippen LogP contribution in [0.15, 0.2) is 16.7 Å². The third-order valence-electron chi connectivity index (χ3n) is 3.16. The number of amides is 1. The van der Waals surface area contributed by atoms with Crippen LogP contribution in [-0.2, 0) is 24.9 Å². The molecule has 0 unspecified atom stereocenters. The zero-order chi connectivity index (χ0) is 14.7. The Morgan fingerprint density at radius 1 is 1.45 bits per heavy atom. The van der Waals surface area contributed by atoms with Crippen molar-refractivity contribution in [2.75, 3.05) is 0 Å². The fraction of sp³-hybridized carbons (Fsp3) is 0.462. The second-order valence-electron chi connectivity index (χ2n) is 4.73. The summed E-state index contributed by atoms with van der Waals surface area (Å²) in [5.41, 5.74) is 2.97. The van der Waals surface area contributed by atoms with Crippen LogP contribution in [0.25, 0.3) is 0 Å². The van der Waals surface area contributed by atoms with E-state index in [9.17, 15) is 4.79 Å². The van der Waals surface area contributed by atoms with Crippen LogP contribution in [0.1, 0.15) is 23.5 Å². The fourth-order valence-electron chi connectivity index (χ4n) is 1.96. The lowest BCUT2D eigenvalue weighted by Crippen LogP contribution is -2.25. The van der Waals surface area contributed by atoms with Gasteiger partial charge in [-0.15, -0.1) is 0 Å². The van der Waals surface area contributed by atoms with Crippen LogP contribution in [0.5, 0.6) is 0 Å². The third-order valence-corrected chi connectivity index (χ3v) is 3.94. The summed E-state index contributed by atoms with van der Waals surface area (Å²) in [6, 6.07) is 1.97. The van der Waals surface area contributed by atoms with Gasteiger partial charge in [0.2, 0.25) is 5.91 Å². The lowest BCUT2D eigenvalue weighted by molar-refractivity contribution is -0.121. The molecule has 0 spiro atoms. The van der Waals surface area contributed by atoms with Gasteiger partial charge in [0.25, 0.3) is 0 Å². The molecule has 6 nitrogen and oxygen atoms in total. The number of aryl methyl sites for hydroxylation is 3. The number of nitrogens with one attached hydrogen (secondary N) is 1. The van der Waals surface area contributed by atoms with E-state index in [1.807, 2.05) is 31.6 Å². The fourth-order valence-corrected chi connectivity index (χ4v) is 2.26. The molecule has 0 saturated heterocycles. The first-order valence-electron chi connectivity index (χ1n) is 6.41. The van der Waals surface area contributed by atoms with E-state index in [1.54, 1.807) is 10.9 Å². The van der Waals surface area contributed by atoms with Gasteiger partial charge in [0.05, 0.1) is 28.6 Å². The van der Waals surface area contributed by atoms with Crippen molar-refractivity contribution in [2.45, 2.75) is 33.4 Å². The molecule has 0 aliphatic carbocycles. The SMILES string of the molecule is Cc1cc(CNC(=O)CCn2ncc(Br)c2C)n(C)n1. The molecule has 2 aromatic heterocycles. The van der Waals surface area contributed by atoms with Gasteiger partial charge in [0.1, 0.15) is 0 Å². The summed E-state index contributed by atoms with van der Waals surface area (Å²) in [6.07, 6.45) is 2.15. The molecule has 0 atom stereocenters. The maximum atomic E-state index is 11.8. The number of nitrogens with zero attached hydrogens (tertiary/aromatic N) is 4. The van der Waals surface area contributed by atoms with Gasteiger partial charge < -0.3 is 5.32 Å². The second kappa shape index (κ2) is 6.21. The Balaban J connectivity index is 1.81. The van der Waals surface area contributed by atoms with Crippen LogP contribution in [0.4, 0.5) is 0 Å². The van der Waals surface area contributed by atoms with Gasteiger partial charge in [-0.1, -0.05) is 0 Å². The minimum atomic E-state index is 0.00914. The van der Waals surface area contributed by atoms with E-state index in [-0.39, 0.29) is 5.91 Å². The number of hydrogen-bond acceptors (Lipinski definition) is 3. The van der Waals surface area contributed by atoms with Crippen LogP contribution in [0, 0.1) is 13.8 Å². The standard InChI is InChI=1S/C13H18BrN5O/c1-9-6-11(18(3)17-9)7-15-13(20)4-5-19-10(2)12(14)8-16-19/h6,8H,4-5,7H2,1-3H3,(H,15,20). The number of carbonyl (C=O) groups excluding carboxylic acids is 1. The summed E-state index contributed by atoms with van der Waals surface area (Å²) in [7, 11) is 1.87. The zero-order valence-corrected chi connectivity index (χ0v) is 13.4. The zero-order valence-electron chi connectivity index (χ0n) is 11.9. The van der Waals surface area contributed by atoms with E-state index in [2.05, 4.69) is 31.4 Å². The van der Waals surface area contributed by atoms with Crippen LogP contribution in [-0.4, -0.2) is 25.5 Å². The Kier molecular flexibility index (Phi) is 4.59.